The van der Waals surface area contributed by atoms with Crippen LogP contribution in [0.2, 0.25) is 0 Å². The van der Waals surface area contributed by atoms with Gasteiger partial charge in [0.2, 0.25) is 0 Å². The quantitative estimate of drug-likeness (QED) is 0.759. The normalized spacial score (nSPS) is 10.7. The second-order valence-corrected chi connectivity index (χ2v) is 5.86. The fourth-order valence-corrected chi connectivity index (χ4v) is 2.66. The van der Waals surface area contributed by atoms with E-state index >= 15 is 0 Å². The third-order valence-electron chi connectivity index (χ3n) is 3.60. The van der Waals surface area contributed by atoms with E-state index in [-0.39, 0.29) is 0 Å². The number of aryl methyl sites for hydroxylation is 4. The fourth-order valence-electron chi connectivity index (χ4n) is 2.66. The molecule has 5 nitrogen and oxygen atoms in total. The maximum Gasteiger partial charge on any atom is 0.136 e. The Morgan fingerprint density at radius 1 is 0.957 bits per heavy atom. The molecule has 0 fully saturated rings. The zero-order chi connectivity index (χ0) is 16.8. The number of benzene rings is 1. The van der Waals surface area contributed by atoms with E-state index in [9.17, 15) is 0 Å². The third-order valence-corrected chi connectivity index (χ3v) is 3.60. The van der Waals surface area contributed by atoms with Crippen molar-refractivity contribution >= 4 is 17.3 Å². The van der Waals surface area contributed by atoms with Gasteiger partial charge in [-0.05, 0) is 45.2 Å². The minimum atomic E-state index is 0.740. The highest BCUT2D eigenvalue weighted by atomic mass is 16.5. The topological polar surface area (TPSA) is 59.1 Å². The first-order valence-corrected chi connectivity index (χ1v) is 7.93. The average molecular weight is 314 g/mol. The SMILES string of the molecule is COCCCNc1cc(Nc2c(C)cc(C)cc2C)nc(C)n1. The summed E-state index contributed by atoms with van der Waals surface area (Å²) in [6.07, 6.45) is 0.943. The van der Waals surface area contributed by atoms with Crippen molar-refractivity contribution < 1.29 is 4.74 Å². The lowest BCUT2D eigenvalue weighted by Crippen LogP contribution is -2.08. The zero-order valence-corrected chi connectivity index (χ0v) is 14.7. The molecule has 1 aromatic heterocycles. The summed E-state index contributed by atoms with van der Waals surface area (Å²) in [6, 6.07) is 6.29. The van der Waals surface area contributed by atoms with Gasteiger partial charge in [-0.25, -0.2) is 9.97 Å². The molecular weight excluding hydrogens is 288 g/mol. The molecule has 0 saturated carbocycles. The number of ether oxygens (including phenoxy) is 1. The molecule has 0 atom stereocenters. The summed E-state index contributed by atoms with van der Waals surface area (Å²) in [5.41, 5.74) is 4.81. The number of aromatic nitrogens is 2. The van der Waals surface area contributed by atoms with Gasteiger partial charge in [0.15, 0.2) is 0 Å². The van der Waals surface area contributed by atoms with E-state index in [2.05, 4.69) is 53.5 Å². The summed E-state index contributed by atoms with van der Waals surface area (Å²) in [6.45, 7) is 9.80. The van der Waals surface area contributed by atoms with Crippen LogP contribution in [-0.2, 0) is 4.74 Å². The van der Waals surface area contributed by atoms with Crippen LogP contribution in [0.4, 0.5) is 17.3 Å². The first-order valence-electron chi connectivity index (χ1n) is 7.93. The number of rotatable bonds is 7. The van der Waals surface area contributed by atoms with Crippen molar-refractivity contribution in [2.75, 3.05) is 30.9 Å². The molecule has 2 N–H and O–H groups in total. The summed E-state index contributed by atoms with van der Waals surface area (Å²) in [7, 11) is 1.71. The van der Waals surface area contributed by atoms with Crippen LogP contribution in [0.5, 0.6) is 0 Å². The maximum absolute atomic E-state index is 5.06. The Hall–Kier alpha value is -2.14. The van der Waals surface area contributed by atoms with E-state index in [1.165, 1.54) is 16.7 Å². The van der Waals surface area contributed by atoms with Crippen LogP contribution in [0.3, 0.4) is 0 Å². The summed E-state index contributed by atoms with van der Waals surface area (Å²) >= 11 is 0. The molecule has 124 valence electrons. The van der Waals surface area contributed by atoms with Gasteiger partial charge < -0.3 is 15.4 Å². The number of nitrogens with zero attached hydrogens (tertiary/aromatic N) is 2. The molecule has 0 spiro atoms. The van der Waals surface area contributed by atoms with Gasteiger partial charge in [-0.1, -0.05) is 17.7 Å². The molecule has 0 bridgehead atoms. The Kier molecular flexibility index (Phi) is 5.93. The van der Waals surface area contributed by atoms with Crippen LogP contribution in [0.25, 0.3) is 0 Å². The minimum absolute atomic E-state index is 0.740. The molecule has 0 aliphatic rings. The van der Waals surface area contributed by atoms with E-state index in [1.54, 1.807) is 7.11 Å². The van der Waals surface area contributed by atoms with Crippen LogP contribution in [-0.4, -0.2) is 30.2 Å². The van der Waals surface area contributed by atoms with Gasteiger partial charge in [-0.15, -0.1) is 0 Å². The van der Waals surface area contributed by atoms with Gasteiger partial charge in [0.05, 0.1) is 0 Å². The molecule has 0 unspecified atom stereocenters. The number of anilines is 3. The van der Waals surface area contributed by atoms with Crippen molar-refractivity contribution in [3.63, 3.8) is 0 Å². The van der Waals surface area contributed by atoms with Crippen molar-refractivity contribution in [2.45, 2.75) is 34.1 Å². The van der Waals surface area contributed by atoms with Crippen molar-refractivity contribution in [3.8, 4) is 0 Å². The van der Waals surface area contributed by atoms with Crippen LogP contribution in [0.1, 0.15) is 28.9 Å². The van der Waals surface area contributed by atoms with Gasteiger partial charge in [0, 0.05) is 32.0 Å². The van der Waals surface area contributed by atoms with Gasteiger partial charge in [0.25, 0.3) is 0 Å². The Morgan fingerprint density at radius 3 is 2.26 bits per heavy atom. The first kappa shape index (κ1) is 17.2. The average Bonchev–Trinajstić information content (AvgIpc) is 2.47. The molecule has 0 aliphatic heterocycles. The lowest BCUT2D eigenvalue weighted by molar-refractivity contribution is 0.198. The van der Waals surface area contributed by atoms with Crippen LogP contribution in [0, 0.1) is 27.7 Å². The van der Waals surface area contributed by atoms with Gasteiger partial charge in [0.1, 0.15) is 17.5 Å². The zero-order valence-electron chi connectivity index (χ0n) is 14.7. The molecule has 1 aromatic carbocycles. The highest BCUT2D eigenvalue weighted by Gasteiger charge is 2.07. The number of nitrogens with one attached hydrogen (secondary N) is 2. The van der Waals surface area contributed by atoms with E-state index < -0.39 is 0 Å². The monoisotopic (exact) mass is 314 g/mol. The van der Waals surface area contributed by atoms with E-state index in [4.69, 9.17) is 4.74 Å². The molecule has 0 radical (unpaired) electrons. The first-order chi connectivity index (χ1) is 11.0. The summed E-state index contributed by atoms with van der Waals surface area (Å²) in [4.78, 5) is 8.92. The van der Waals surface area contributed by atoms with E-state index in [0.717, 1.165) is 42.7 Å². The number of hydrogen-bond donors (Lipinski definition) is 2. The summed E-state index contributed by atoms with van der Waals surface area (Å²) in [5.74, 6) is 2.38. The Morgan fingerprint density at radius 2 is 1.61 bits per heavy atom. The largest absolute Gasteiger partial charge is 0.385 e. The maximum atomic E-state index is 5.06. The molecule has 0 aliphatic carbocycles. The lowest BCUT2D eigenvalue weighted by Gasteiger charge is -2.14. The smallest absolute Gasteiger partial charge is 0.136 e. The van der Waals surface area contributed by atoms with Crippen molar-refractivity contribution in [1.82, 2.24) is 9.97 Å². The Balaban J connectivity index is 2.15. The molecule has 0 amide bonds. The second-order valence-electron chi connectivity index (χ2n) is 5.86. The van der Waals surface area contributed by atoms with Gasteiger partial charge in [-0.2, -0.15) is 0 Å². The second kappa shape index (κ2) is 7.92. The van der Waals surface area contributed by atoms with E-state index in [1.807, 2.05) is 13.0 Å². The van der Waals surface area contributed by atoms with Crippen LogP contribution in [0.15, 0.2) is 18.2 Å². The van der Waals surface area contributed by atoms with Gasteiger partial charge >= 0.3 is 0 Å². The molecule has 0 saturated heterocycles. The predicted octanol–water partition coefficient (Wildman–Crippen LogP) is 3.90. The van der Waals surface area contributed by atoms with E-state index in [0.29, 0.717) is 0 Å². The Labute approximate surface area is 138 Å². The third kappa shape index (κ3) is 4.93. The number of methoxy groups -OCH3 is 1. The standard InChI is InChI=1S/C18H26N4O/c1-12-9-13(2)18(14(3)10-12)22-17-11-16(20-15(4)21-17)19-7-6-8-23-5/h9-11H,6-8H2,1-5H3,(H2,19,20,21,22). The highest BCUT2D eigenvalue weighted by Crippen LogP contribution is 2.25. The van der Waals surface area contributed by atoms with Crippen molar-refractivity contribution in [3.05, 3.63) is 40.7 Å². The minimum Gasteiger partial charge on any atom is -0.385 e. The molecule has 23 heavy (non-hydrogen) atoms. The lowest BCUT2D eigenvalue weighted by atomic mass is 10.1. The fraction of sp³-hybridized carbons (Fsp3) is 0.444. The van der Waals surface area contributed by atoms with Crippen LogP contribution < -0.4 is 10.6 Å². The number of hydrogen-bond acceptors (Lipinski definition) is 5. The van der Waals surface area contributed by atoms with Crippen LogP contribution >= 0.6 is 0 Å². The molecule has 2 aromatic rings. The van der Waals surface area contributed by atoms with Crippen molar-refractivity contribution in [2.24, 2.45) is 0 Å². The highest BCUT2D eigenvalue weighted by molar-refractivity contribution is 5.66. The van der Waals surface area contributed by atoms with Gasteiger partial charge in [-0.3, -0.25) is 0 Å². The predicted molar refractivity (Wildman–Crippen MR) is 95.7 cm³/mol. The molecule has 1 heterocycles. The van der Waals surface area contributed by atoms with Crippen molar-refractivity contribution in [1.29, 1.82) is 0 Å². The molecule has 5 heteroatoms. The molecule has 2 rings (SSSR count). The summed E-state index contributed by atoms with van der Waals surface area (Å²) < 4.78 is 5.06. The Bertz CT molecular complexity index is 647. The summed E-state index contributed by atoms with van der Waals surface area (Å²) in [5, 5.41) is 6.75. The molecular formula is C18H26N4O.